The maximum atomic E-state index is 6.01. The van der Waals surface area contributed by atoms with Crippen molar-refractivity contribution in [1.29, 1.82) is 0 Å². The number of hydrogen-bond acceptors (Lipinski definition) is 4. The lowest BCUT2D eigenvalue weighted by molar-refractivity contribution is 0.201. The molecule has 5 nitrogen and oxygen atoms in total. The first-order chi connectivity index (χ1) is 9.69. The molecule has 0 atom stereocenters. The van der Waals surface area contributed by atoms with Crippen LogP contribution in [0.1, 0.15) is 31.2 Å². The summed E-state index contributed by atoms with van der Waals surface area (Å²) in [6.07, 6.45) is 6.58. The summed E-state index contributed by atoms with van der Waals surface area (Å²) >= 11 is 4.68. The van der Waals surface area contributed by atoms with Gasteiger partial charge in [0.1, 0.15) is 0 Å². The van der Waals surface area contributed by atoms with E-state index in [0.717, 1.165) is 29.9 Å². The molecular weight excluding hydrogens is 274 g/mol. The van der Waals surface area contributed by atoms with Gasteiger partial charge in [0, 0.05) is 0 Å². The molecule has 0 spiro atoms. The summed E-state index contributed by atoms with van der Waals surface area (Å²) in [5.74, 6) is 1.48. The van der Waals surface area contributed by atoms with E-state index in [2.05, 4.69) is 22.7 Å². The zero-order chi connectivity index (χ0) is 14.4. The first-order valence-electron chi connectivity index (χ1n) is 6.62. The molecule has 3 N–H and O–H groups in total. The molecule has 0 radical (unpaired) electrons. The minimum Gasteiger partial charge on any atom is -0.493 e. The van der Waals surface area contributed by atoms with Crippen LogP contribution < -0.4 is 20.6 Å². The monoisotopic (exact) mass is 293 g/mol. The molecule has 0 saturated heterocycles. The fourth-order valence-electron chi connectivity index (χ4n) is 2.22. The molecule has 1 aromatic carbocycles. The Morgan fingerprint density at radius 1 is 1.40 bits per heavy atom. The van der Waals surface area contributed by atoms with Gasteiger partial charge in [-0.2, -0.15) is 5.10 Å². The Hall–Kier alpha value is -1.82. The molecule has 0 amide bonds. The highest BCUT2D eigenvalue weighted by atomic mass is 32.1. The van der Waals surface area contributed by atoms with Crippen molar-refractivity contribution in [2.24, 2.45) is 10.8 Å². The van der Waals surface area contributed by atoms with Gasteiger partial charge in [-0.1, -0.05) is 0 Å². The van der Waals surface area contributed by atoms with Gasteiger partial charge < -0.3 is 15.2 Å². The van der Waals surface area contributed by atoms with Crippen LogP contribution in [0.25, 0.3) is 0 Å². The van der Waals surface area contributed by atoms with Crippen LogP contribution in [0.4, 0.5) is 0 Å². The van der Waals surface area contributed by atoms with Crippen molar-refractivity contribution in [1.82, 2.24) is 5.43 Å². The molecule has 0 heterocycles. The number of nitrogens with one attached hydrogen (secondary N) is 1. The molecule has 0 aliphatic heterocycles. The van der Waals surface area contributed by atoms with Gasteiger partial charge in [-0.3, -0.25) is 5.43 Å². The van der Waals surface area contributed by atoms with Crippen LogP contribution in [0.15, 0.2) is 23.3 Å². The largest absolute Gasteiger partial charge is 0.493 e. The van der Waals surface area contributed by atoms with Crippen molar-refractivity contribution in [2.75, 3.05) is 7.11 Å². The van der Waals surface area contributed by atoms with E-state index in [0.29, 0.717) is 0 Å². The summed E-state index contributed by atoms with van der Waals surface area (Å²) in [4.78, 5) is 0. The molecule has 20 heavy (non-hydrogen) atoms. The summed E-state index contributed by atoms with van der Waals surface area (Å²) in [7, 11) is 1.64. The summed E-state index contributed by atoms with van der Waals surface area (Å²) in [6, 6.07) is 5.67. The number of hydrogen-bond donors (Lipinski definition) is 2. The number of nitrogens with zero attached hydrogens (tertiary/aromatic N) is 1. The number of methoxy groups -OCH3 is 1. The highest BCUT2D eigenvalue weighted by Crippen LogP contribution is 2.32. The molecule has 2 rings (SSSR count). The van der Waals surface area contributed by atoms with Crippen molar-refractivity contribution >= 4 is 23.5 Å². The third-order valence-electron chi connectivity index (χ3n) is 3.17. The first kappa shape index (κ1) is 14.6. The van der Waals surface area contributed by atoms with E-state index in [1.165, 1.54) is 12.8 Å². The number of thiocarbonyl (C=S) groups is 1. The third-order valence-corrected chi connectivity index (χ3v) is 3.26. The summed E-state index contributed by atoms with van der Waals surface area (Å²) in [6.45, 7) is 0. The van der Waals surface area contributed by atoms with Gasteiger partial charge in [-0.15, -0.1) is 0 Å². The van der Waals surface area contributed by atoms with Crippen LogP contribution in [-0.2, 0) is 0 Å². The van der Waals surface area contributed by atoms with Crippen molar-refractivity contribution in [3.63, 3.8) is 0 Å². The van der Waals surface area contributed by atoms with E-state index in [1.807, 2.05) is 18.2 Å². The van der Waals surface area contributed by atoms with E-state index in [9.17, 15) is 0 Å². The Bertz CT molecular complexity index is 499. The number of rotatable bonds is 5. The molecule has 6 heteroatoms. The van der Waals surface area contributed by atoms with Gasteiger partial charge in [-0.05, 0) is 61.7 Å². The maximum Gasteiger partial charge on any atom is 0.184 e. The Morgan fingerprint density at radius 3 is 2.80 bits per heavy atom. The van der Waals surface area contributed by atoms with Gasteiger partial charge in [-0.25, -0.2) is 0 Å². The number of nitrogens with two attached hydrogens (primary N) is 1. The second-order valence-electron chi connectivity index (χ2n) is 4.67. The second kappa shape index (κ2) is 7.09. The molecule has 1 saturated carbocycles. The second-order valence-corrected chi connectivity index (χ2v) is 5.11. The fourth-order valence-corrected chi connectivity index (χ4v) is 2.27. The molecule has 0 aromatic heterocycles. The predicted octanol–water partition coefficient (Wildman–Crippen LogP) is 2.18. The van der Waals surface area contributed by atoms with E-state index < -0.39 is 0 Å². The lowest BCUT2D eigenvalue weighted by Gasteiger charge is -2.16. The van der Waals surface area contributed by atoms with Crippen molar-refractivity contribution < 1.29 is 9.47 Å². The predicted molar refractivity (Wildman–Crippen MR) is 83.4 cm³/mol. The van der Waals surface area contributed by atoms with Gasteiger partial charge in [0.05, 0.1) is 19.4 Å². The van der Waals surface area contributed by atoms with Crippen molar-refractivity contribution in [2.45, 2.75) is 31.8 Å². The average molecular weight is 293 g/mol. The molecular formula is C14H19N3O2S. The molecule has 0 bridgehead atoms. The fraction of sp³-hybridized carbons (Fsp3) is 0.429. The van der Waals surface area contributed by atoms with E-state index >= 15 is 0 Å². The van der Waals surface area contributed by atoms with Crippen LogP contribution in [0, 0.1) is 0 Å². The molecule has 108 valence electrons. The lowest BCUT2D eigenvalue weighted by atomic mass is 10.2. The Labute approximate surface area is 124 Å². The summed E-state index contributed by atoms with van der Waals surface area (Å²) in [5, 5.41) is 4.07. The van der Waals surface area contributed by atoms with Gasteiger partial charge in [0.15, 0.2) is 16.6 Å². The van der Waals surface area contributed by atoms with E-state index in [4.69, 9.17) is 15.2 Å². The van der Waals surface area contributed by atoms with Crippen LogP contribution >= 0.6 is 12.2 Å². The van der Waals surface area contributed by atoms with Crippen LogP contribution in [-0.4, -0.2) is 24.5 Å². The van der Waals surface area contributed by atoms with Gasteiger partial charge in [0.2, 0.25) is 0 Å². The number of hydrazone groups is 1. The third kappa shape index (κ3) is 4.09. The maximum absolute atomic E-state index is 6.01. The Morgan fingerprint density at radius 2 is 2.15 bits per heavy atom. The van der Waals surface area contributed by atoms with Crippen LogP contribution in [0.3, 0.4) is 0 Å². The Balaban J connectivity index is 2.10. The minimum atomic E-state index is 0.136. The highest BCUT2D eigenvalue weighted by Gasteiger charge is 2.18. The molecule has 1 aliphatic rings. The highest BCUT2D eigenvalue weighted by molar-refractivity contribution is 7.80. The quantitative estimate of drug-likeness (QED) is 0.495. The standard InChI is InChI=1S/C14H19N3O2S/c1-18-12-7-6-10(9-16-17-14(15)20)8-13(12)19-11-4-2-3-5-11/h6-9,11H,2-5H2,1H3,(H3,15,17,20)/b16-9+. The average Bonchev–Trinajstić information content (AvgIpc) is 2.91. The lowest BCUT2D eigenvalue weighted by Crippen LogP contribution is -2.24. The molecule has 0 unspecified atom stereocenters. The molecule has 1 aromatic rings. The number of ether oxygens (including phenoxy) is 2. The molecule has 1 fully saturated rings. The zero-order valence-electron chi connectivity index (χ0n) is 11.5. The minimum absolute atomic E-state index is 0.136. The van der Waals surface area contributed by atoms with Crippen LogP contribution in [0.5, 0.6) is 11.5 Å². The number of benzene rings is 1. The molecule has 1 aliphatic carbocycles. The normalized spacial score (nSPS) is 15.4. The smallest absolute Gasteiger partial charge is 0.184 e. The van der Waals surface area contributed by atoms with Crippen LogP contribution in [0.2, 0.25) is 0 Å². The van der Waals surface area contributed by atoms with E-state index in [1.54, 1.807) is 13.3 Å². The summed E-state index contributed by atoms with van der Waals surface area (Å²) in [5.41, 5.74) is 8.72. The van der Waals surface area contributed by atoms with E-state index in [-0.39, 0.29) is 11.2 Å². The Kier molecular flexibility index (Phi) is 5.17. The SMILES string of the molecule is COc1ccc(/C=N/NC(N)=S)cc1OC1CCCC1. The van der Waals surface area contributed by atoms with Gasteiger partial charge >= 0.3 is 0 Å². The van der Waals surface area contributed by atoms with Crippen molar-refractivity contribution in [3.05, 3.63) is 23.8 Å². The zero-order valence-corrected chi connectivity index (χ0v) is 12.3. The van der Waals surface area contributed by atoms with Gasteiger partial charge in [0.25, 0.3) is 0 Å². The first-order valence-corrected chi connectivity index (χ1v) is 7.03. The topological polar surface area (TPSA) is 68.9 Å². The summed E-state index contributed by atoms with van der Waals surface area (Å²) < 4.78 is 11.3. The van der Waals surface area contributed by atoms with Crippen molar-refractivity contribution in [3.8, 4) is 11.5 Å².